The number of hydrogen-bond donors (Lipinski definition) is 2. The summed E-state index contributed by atoms with van der Waals surface area (Å²) < 4.78 is 13.4. The van der Waals surface area contributed by atoms with Crippen LogP contribution < -0.4 is 10.6 Å². The van der Waals surface area contributed by atoms with Gasteiger partial charge in [-0.05, 0) is 38.3 Å². The van der Waals surface area contributed by atoms with Crippen molar-refractivity contribution in [3.05, 3.63) is 30.1 Å². The van der Waals surface area contributed by atoms with Gasteiger partial charge in [-0.2, -0.15) is 0 Å². The summed E-state index contributed by atoms with van der Waals surface area (Å²) in [6.07, 6.45) is 3.51. The number of benzene rings is 1. The molecule has 2 aromatic rings. The first kappa shape index (κ1) is 19.6. The number of aryl methyl sites for hydroxylation is 1. The fourth-order valence-electron chi connectivity index (χ4n) is 3.20. The van der Waals surface area contributed by atoms with Crippen molar-refractivity contribution < 1.29 is 9.47 Å². The largest absolute Gasteiger partial charge is 0.379 e. The van der Waals surface area contributed by atoms with Gasteiger partial charge in [0.1, 0.15) is 12.4 Å². The summed E-state index contributed by atoms with van der Waals surface area (Å²) in [6.45, 7) is 6.57. The van der Waals surface area contributed by atoms with Crippen LogP contribution in [-0.4, -0.2) is 54.5 Å². The first-order valence-corrected chi connectivity index (χ1v) is 9.89. The summed E-state index contributed by atoms with van der Waals surface area (Å²) in [4.78, 5) is 9.34. The zero-order valence-corrected chi connectivity index (χ0v) is 16.4. The van der Waals surface area contributed by atoms with Crippen LogP contribution in [0.1, 0.15) is 32.0 Å². The number of aromatic nitrogens is 2. The Morgan fingerprint density at radius 2 is 2.26 bits per heavy atom. The van der Waals surface area contributed by atoms with Gasteiger partial charge in [0.25, 0.3) is 0 Å². The number of nitrogens with one attached hydrogen (secondary N) is 2. The maximum absolute atomic E-state index is 5.70. The molecule has 1 aliphatic rings. The minimum Gasteiger partial charge on any atom is -0.379 e. The predicted molar refractivity (Wildman–Crippen MR) is 108 cm³/mol. The van der Waals surface area contributed by atoms with Gasteiger partial charge in [0.15, 0.2) is 5.96 Å². The highest BCUT2D eigenvalue weighted by atomic mass is 16.5. The van der Waals surface area contributed by atoms with Gasteiger partial charge in [0.05, 0.1) is 23.7 Å². The number of imidazole rings is 1. The lowest BCUT2D eigenvalue weighted by molar-refractivity contribution is 0.0168. The van der Waals surface area contributed by atoms with Crippen LogP contribution in [0.4, 0.5) is 0 Å². The van der Waals surface area contributed by atoms with Gasteiger partial charge < -0.3 is 24.7 Å². The molecule has 0 aliphatic carbocycles. The minimum atomic E-state index is 0.296. The van der Waals surface area contributed by atoms with Crippen molar-refractivity contribution in [3.8, 4) is 0 Å². The molecule has 0 amide bonds. The van der Waals surface area contributed by atoms with Gasteiger partial charge in [-0.3, -0.25) is 0 Å². The van der Waals surface area contributed by atoms with E-state index in [1.807, 2.05) is 25.2 Å². The van der Waals surface area contributed by atoms with Crippen molar-refractivity contribution in [3.63, 3.8) is 0 Å². The molecule has 0 saturated carbocycles. The quantitative estimate of drug-likeness (QED) is 0.401. The van der Waals surface area contributed by atoms with E-state index in [1.165, 1.54) is 0 Å². The first-order chi connectivity index (χ1) is 13.3. The molecule has 7 nitrogen and oxygen atoms in total. The summed E-state index contributed by atoms with van der Waals surface area (Å²) in [5.41, 5.74) is 2.13. The average Bonchev–Trinajstić information content (AvgIpc) is 3.31. The molecule has 0 bridgehead atoms. The molecule has 2 heterocycles. The van der Waals surface area contributed by atoms with E-state index in [0.29, 0.717) is 19.3 Å². The molecule has 7 heteroatoms. The number of hydrogen-bond acceptors (Lipinski definition) is 4. The fraction of sp³-hybridized carbons (Fsp3) is 0.600. The van der Waals surface area contributed by atoms with E-state index in [2.05, 4.69) is 38.2 Å². The Labute approximate surface area is 161 Å². The van der Waals surface area contributed by atoms with E-state index in [9.17, 15) is 0 Å². The Bertz CT molecular complexity index is 737. The molecule has 1 aliphatic heterocycles. The number of guanidine groups is 1. The van der Waals surface area contributed by atoms with Crippen LogP contribution in [0.3, 0.4) is 0 Å². The van der Waals surface area contributed by atoms with E-state index in [-0.39, 0.29) is 0 Å². The minimum absolute atomic E-state index is 0.296. The van der Waals surface area contributed by atoms with Crippen LogP contribution in [0.5, 0.6) is 0 Å². The Balaban J connectivity index is 1.43. The zero-order chi connectivity index (χ0) is 18.9. The number of nitrogens with zero attached hydrogens (tertiary/aromatic N) is 3. The fourth-order valence-corrected chi connectivity index (χ4v) is 3.20. The molecule has 1 aromatic heterocycles. The lowest BCUT2D eigenvalue weighted by Gasteiger charge is -2.12. The molecule has 148 valence electrons. The van der Waals surface area contributed by atoms with Crippen molar-refractivity contribution >= 4 is 17.0 Å². The topological polar surface area (TPSA) is 72.7 Å². The molecular formula is C20H31N5O2. The third kappa shape index (κ3) is 5.68. The second-order valence-electron chi connectivity index (χ2n) is 6.76. The van der Waals surface area contributed by atoms with Gasteiger partial charge in [0.2, 0.25) is 0 Å². The second-order valence-corrected chi connectivity index (χ2v) is 6.76. The standard InChI is InChI=1S/C20H31N5O2/c1-3-21-20(22-11-7-12-26-15-16-8-6-13-27-16)23-14-19-24-17-9-4-5-10-18(17)25(19)2/h4-5,9-10,16H,3,6-8,11-15H2,1-2H3,(H2,21,22,23). The summed E-state index contributed by atoms with van der Waals surface area (Å²) in [5, 5.41) is 6.65. The van der Waals surface area contributed by atoms with Crippen LogP contribution in [0, 0.1) is 0 Å². The Kier molecular flexibility index (Phi) is 7.47. The summed E-state index contributed by atoms with van der Waals surface area (Å²) >= 11 is 0. The van der Waals surface area contributed by atoms with Crippen molar-refractivity contribution in [2.75, 3.05) is 32.9 Å². The van der Waals surface area contributed by atoms with Crippen molar-refractivity contribution in [2.45, 2.75) is 38.8 Å². The highest BCUT2D eigenvalue weighted by Gasteiger charge is 2.14. The summed E-state index contributed by atoms with van der Waals surface area (Å²) in [7, 11) is 2.03. The maximum atomic E-state index is 5.70. The van der Waals surface area contributed by atoms with E-state index in [4.69, 9.17) is 9.47 Å². The molecule has 1 saturated heterocycles. The number of aliphatic imine (C=N–C) groups is 1. The predicted octanol–water partition coefficient (Wildman–Crippen LogP) is 2.21. The highest BCUT2D eigenvalue weighted by molar-refractivity contribution is 5.80. The second kappa shape index (κ2) is 10.3. The molecule has 0 radical (unpaired) electrons. The van der Waals surface area contributed by atoms with E-state index in [1.54, 1.807) is 0 Å². The van der Waals surface area contributed by atoms with Crippen LogP contribution >= 0.6 is 0 Å². The van der Waals surface area contributed by atoms with Gasteiger partial charge >= 0.3 is 0 Å². The van der Waals surface area contributed by atoms with E-state index >= 15 is 0 Å². The van der Waals surface area contributed by atoms with E-state index < -0.39 is 0 Å². The van der Waals surface area contributed by atoms with Crippen molar-refractivity contribution in [1.29, 1.82) is 0 Å². The van der Waals surface area contributed by atoms with Gasteiger partial charge in [-0.15, -0.1) is 0 Å². The molecule has 1 atom stereocenters. The molecule has 1 unspecified atom stereocenters. The van der Waals surface area contributed by atoms with Crippen molar-refractivity contribution in [1.82, 2.24) is 20.2 Å². The number of fused-ring (bicyclic) bond motifs is 1. The molecule has 0 spiro atoms. The van der Waals surface area contributed by atoms with Crippen LogP contribution in [-0.2, 0) is 23.1 Å². The van der Waals surface area contributed by atoms with Crippen LogP contribution in [0.15, 0.2) is 29.3 Å². The smallest absolute Gasteiger partial charge is 0.191 e. The lowest BCUT2D eigenvalue weighted by Crippen LogP contribution is -2.38. The molecule has 2 N–H and O–H groups in total. The SMILES string of the molecule is CCNC(=NCc1nc2ccccc2n1C)NCCCOCC1CCCO1. The molecule has 1 aromatic carbocycles. The zero-order valence-electron chi connectivity index (χ0n) is 16.4. The highest BCUT2D eigenvalue weighted by Crippen LogP contribution is 2.14. The Morgan fingerprint density at radius 3 is 3.04 bits per heavy atom. The van der Waals surface area contributed by atoms with Gasteiger partial charge in [-0.25, -0.2) is 9.98 Å². The number of ether oxygens (including phenoxy) is 2. The van der Waals surface area contributed by atoms with Gasteiger partial charge in [0, 0.05) is 33.4 Å². The normalized spacial score (nSPS) is 17.6. The molecule has 1 fully saturated rings. The number of rotatable bonds is 9. The third-order valence-electron chi connectivity index (χ3n) is 4.69. The molecule has 3 rings (SSSR count). The summed E-state index contributed by atoms with van der Waals surface area (Å²) in [5.74, 6) is 1.76. The first-order valence-electron chi connectivity index (χ1n) is 9.89. The third-order valence-corrected chi connectivity index (χ3v) is 4.69. The van der Waals surface area contributed by atoms with E-state index in [0.717, 1.165) is 68.4 Å². The Morgan fingerprint density at radius 1 is 1.37 bits per heavy atom. The molecule has 27 heavy (non-hydrogen) atoms. The number of para-hydroxylation sites is 2. The summed E-state index contributed by atoms with van der Waals surface area (Å²) in [6, 6.07) is 8.15. The average molecular weight is 374 g/mol. The Hall–Kier alpha value is -2.12. The monoisotopic (exact) mass is 373 g/mol. The van der Waals surface area contributed by atoms with Gasteiger partial charge in [-0.1, -0.05) is 12.1 Å². The van der Waals surface area contributed by atoms with Crippen molar-refractivity contribution in [2.24, 2.45) is 12.0 Å². The lowest BCUT2D eigenvalue weighted by atomic mass is 10.2. The maximum Gasteiger partial charge on any atom is 0.191 e. The molecular weight excluding hydrogens is 342 g/mol. The van der Waals surface area contributed by atoms with Crippen LogP contribution in [0.2, 0.25) is 0 Å². The van der Waals surface area contributed by atoms with Crippen LogP contribution in [0.25, 0.3) is 11.0 Å².